The Bertz CT molecular complexity index is 541. The third-order valence-corrected chi connectivity index (χ3v) is 5.42. The van der Waals surface area contributed by atoms with Crippen LogP contribution < -0.4 is 11.1 Å². The number of sulfone groups is 1. The predicted octanol–water partition coefficient (Wildman–Crippen LogP) is 1.36. The van der Waals surface area contributed by atoms with E-state index < -0.39 is 9.84 Å². The van der Waals surface area contributed by atoms with Gasteiger partial charge in [0.1, 0.15) is 9.90 Å². The molecular weight excluding hydrogens is 286 g/mol. The van der Waals surface area contributed by atoms with E-state index in [2.05, 4.69) is 16.6 Å². The average molecular weight is 305 g/mol. The summed E-state index contributed by atoms with van der Waals surface area (Å²) in [5.74, 6) is 0.477. The first-order chi connectivity index (χ1) is 8.93. The summed E-state index contributed by atoms with van der Waals surface area (Å²) in [5.41, 5.74) is 5.62. The Balaban J connectivity index is 2.08. The van der Waals surface area contributed by atoms with Crippen LogP contribution in [-0.2, 0) is 14.6 Å². The van der Waals surface area contributed by atoms with Crippen LogP contribution >= 0.6 is 11.5 Å². The zero-order valence-electron chi connectivity index (χ0n) is 11.0. The van der Waals surface area contributed by atoms with Gasteiger partial charge in [-0.1, -0.05) is 6.92 Å². The van der Waals surface area contributed by atoms with Crippen molar-refractivity contribution >= 4 is 32.2 Å². The molecule has 0 aliphatic carbocycles. The molecular formula is C11H19N3O3S2. The second kappa shape index (κ2) is 5.64. The molecule has 8 heteroatoms. The summed E-state index contributed by atoms with van der Waals surface area (Å²) in [7, 11) is -3.36. The van der Waals surface area contributed by atoms with E-state index in [4.69, 9.17) is 10.5 Å². The third kappa shape index (κ3) is 3.18. The quantitative estimate of drug-likeness (QED) is 0.853. The van der Waals surface area contributed by atoms with E-state index in [1.165, 1.54) is 0 Å². The number of ether oxygens (including phenoxy) is 1. The van der Waals surface area contributed by atoms with Crippen LogP contribution in [0.1, 0.15) is 19.8 Å². The summed E-state index contributed by atoms with van der Waals surface area (Å²) < 4.78 is 32.9. The van der Waals surface area contributed by atoms with Crippen LogP contribution in [0.5, 0.6) is 0 Å². The molecule has 19 heavy (non-hydrogen) atoms. The maximum Gasteiger partial charge on any atom is 0.182 e. The van der Waals surface area contributed by atoms with Crippen LogP contribution in [0.15, 0.2) is 4.90 Å². The number of hydrogen-bond donors (Lipinski definition) is 2. The highest BCUT2D eigenvalue weighted by Crippen LogP contribution is 2.32. The zero-order valence-corrected chi connectivity index (χ0v) is 12.7. The molecule has 0 bridgehead atoms. The summed E-state index contributed by atoms with van der Waals surface area (Å²) in [5, 5.41) is 3.69. The molecule has 2 atom stereocenters. The number of nitrogens with zero attached hydrogens (tertiary/aromatic N) is 1. The highest BCUT2D eigenvalue weighted by Gasteiger charge is 2.28. The molecule has 1 fully saturated rings. The van der Waals surface area contributed by atoms with Crippen molar-refractivity contribution in [3.63, 3.8) is 0 Å². The number of nitrogens with one attached hydrogen (secondary N) is 1. The van der Waals surface area contributed by atoms with E-state index in [9.17, 15) is 8.42 Å². The highest BCUT2D eigenvalue weighted by atomic mass is 32.2. The smallest absolute Gasteiger partial charge is 0.182 e. The van der Waals surface area contributed by atoms with Crippen LogP contribution in [0.4, 0.5) is 10.8 Å². The van der Waals surface area contributed by atoms with Crippen molar-refractivity contribution in [3.05, 3.63) is 0 Å². The Morgan fingerprint density at radius 1 is 1.58 bits per heavy atom. The predicted molar refractivity (Wildman–Crippen MR) is 76.3 cm³/mol. The van der Waals surface area contributed by atoms with Gasteiger partial charge in [0.15, 0.2) is 15.7 Å². The van der Waals surface area contributed by atoms with E-state index >= 15 is 0 Å². The molecule has 6 nitrogen and oxygen atoms in total. The Labute approximate surface area is 117 Å². The Morgan fingerprint density at radius 3 is 2.95 bits per heavy atom. The molecule has 0 aromatic carbocycles. The fourth-order valence-electron chi connectivity index (χ4n) is 2.37. The summed E-state index contributed by atoms with van der Waals surface area (Å²) in [4.78, 5) is 0.115. The van der Waals surface area contributed by atoms with Crippen molar-refractivity contribution in [3.8, 4) is 0 Å². The van der Waals surface area contributed by atoms with Gasteiger partial charge in [-0.25, -0.2) is 8.42 Å². The topological polar surface area (TPSA) is 94.3 Å². The standard InChI is InChI=1S/C11H19N3O3S2/c1-3-8-7(4-5-17-8)6-13-11-9(19(2,15)16)10(12)14-18-11/h7-8,13H,3-6H2,1-2H3,(H2,12,14). The summed E-state index contributed by atoms with van der Waals surface area (Å²) >= 11 is 1.09. The number of hydrogen-bond acceptors (Lipinski definition) is 7. The van der Waals surface area contributed by atoms with Crippen molar-refractivity contribution in [2.45, 2.75) is 30.8 Å². The Kier molecular flexibility index (Phi) is 4.32. The normalized spacial score (nSPS) is 23.7. The van der Waals surface area contributed by atoms with Crippen molar-refractivity contribution in [2.24, 2.45) is 5.92 Å². The molecule has 3 N–H and O–H groups in total. The highest BCUT2D eigenvalue weighted by molar-refractivity contribution is 7.91. The molecule has 1 aromatic heterocycles. The van der Waals surface area contributed by atoms with Crippen molar-refractivity contribution in [2.75, 3.05) is 30.5 Å². The van der Waals surface area contributed by atoms with Crippen LogP contribution in [-0.4, -0.2) is 38.3 Å². The van der Waals surface area contributed by atoms with E-state index in [0.29, 0.717) is 17.5 Å². The minimum Gasteiger partial charge on any atom is -0.382 e. The van der Waals surface area contributed by atoms with Crippen molar-refractivity contribution < 1.29 is 13.2 Å². The Morgan fingerprint density at radius 2 is 2.32 bits per heavy atom. The van der Waals surface area contributed by atoms with E-state index in [-0.39, 0.29) is 16.8 Å². The largest absolute Gasteiger partial charge is 0.382 e. The van der Waals surface area contributed by atoms with E-state index in [0.717, 1.165) is 37.2 Å². The maximum atomic E-state index is 11.7. The number of nitrogens with two attached hydrogens (primary N) is 1. The van der Waals surface area contributed by atoms with Gasteiger partial charge in [-0.15, -0.1) is 0 Å². The fraction of sp³-hybridized carbons (Fsp3) is 0.727. The summed E-state index contributed by atoms with van der Waals surface area (Å²) in [6.45, 7) is 3.55. The number of rotatable bonds is 5. The fourth-order valence-corrected chi connectivity index (χ4v) is 4.44. The molecule has 108 valence electrons. The van der Waals surface area contributed by atoms with Gasteiger partial charge >= 0.3 is 0 Å². The molecule has 0 spiro atoms. The molecule has 1 aromatic rings. The molecule has 0 amide bonds. The molecule has 0 saturated carbocycles. The van der Waals surface area contributed by atoms with Gasteiger partial charge in [0.2, 0.25) is 0 Å². The maximum absolute atomic E-state index is 11.7. The minimum absolute atomic E-state index is 0.0738. The van der Waals surface area contributed by atoms with Gasteiger partial charge in [0.25, 0.3) is 0 Å². The molecule has 1 saturated heterocycles. The first kappa shape index (κ1) is 14.5. The lowest BCUT2D eigenvalue weighted by molar-refractivity contribution is 0.0900. The molecule has 1 aliphatic rings. The number of anilines is 2. The van der Waals surface area contributed by atoms with Crippen LogP contribution in [0, 0.1) is 5.92 Å². The van der Waals surface area contributed by atoms with Crippen molar-refractivity contribution in [1.82, 2.24) is 4.37 Å². The van der Waals surface area contributed by atoms with Crippen molar-refractivity contribution in [1.29, 1.82) is 0 Å². The molecule has 0 radical (unpaired) electrons. The Hall–Kier alpha value is -0.860. The lowest BCUT2D eigenvalue weighted by Gasteiger charge is -2.17. The molecule has 2 unspecified atom stereocenters. The summed E-state index contributed by atoms with van der Waals surface area (Å²) in [6.07, 6.45) is 3.36. The lowest BCUT2D eigenvalue weighted by Crippen LogP contribution is -2.23. The summed E-state index contributed by atoms with van der Waals surface area (Å²) in [6, 6.07) is 0. The van der Waals surface area contributed by atoms with Gasteiger partial charge in [0.05, 0.1) is 6.10 Å². The van der Waals surface area contributed by atoms with Gasteiger partial charge in [0, 0.05) is 25.3 Å². The second-order valence-electron chi connectivity index (χ2n) is 4.75. The lowest BCUT2D eigenvalue weighted by atomic mass is 10.00. The van der Waals surface area contributed by atoms with E-state index in [1.54, 1.807) is 0 Å². The minimum atomic E-state index is -3.36. The van der Waals surface area contributed by atoms with Crippen LogP contribution in [0.2, 0.25) is 0 Å². The zero-order chi connectivity index (χ0) is 14.0. The van der Waals surface area contributed by atoms with Crippen LogP contribution in [0.25, 0.3) is 0 Å². The number of aromatic nitrogens is 1. The van der Waals surface area contributed by atoms with Gasteiger partial charge in [-0.3, -0.25) is 0 Å². The number of nitrogen functional groups attached to an aromatic ring is 1. The second-order valence-corrected chi connectivity index (χ2v) is 7.47. The third-order valence-electron chi connectivity index (χ3n) is 3.32. The average Bonchev–Trinajstić information content (AvgIpc) is 2.91. The molecule has 2 heterocycles. The monoisotopic (exact) mass is 305 g/mol. The molecule has 2 rings (SSSR count). The first-order valence-electron chi connectivity index (χ1n) is 6.24. The van der Waals surface area contributed by atoms with Gasteiger partial charge in [-0.05, 0) is 24.4 Å². The van der Waals surface area contributed by atoms with Gasteiger partial charge < -0.3 is 15.8 Å². The SMILES string of the molecule is CCC1OCCC1CNc1snc(N)c1S(C)(=O)=O. The molecule has 1 aliphatic heterocycles. The van der Waals surface area contributed by atoms with E-state index in [1.807, 2.05) is 0 Å². The van der Waals surface area contributed by atoms with Gasteiger partial charge in [-0.2, -0.15) is 4.37 Å². The first-order valence-corrected chi connectivity index (χ1v) is 8.90. The van der Waals surface area contributed by atoms with Crippen LogP contribution in [0.3, 0.4) is 0 Å².